The number of aromatic nitrogens is 2. The molecule has 1 unspecified atom stereocenters. The van der Waals surface area contributed by atoms with Crippen LogP contribution < -0.4 is 16.0 Å². The molecule has 2 rings (SSSR count). The third-order valence-electron chi connectivity index (χ3n) is 4.77. The fraction of sp³-hybridized carbons (Fsp3) is 0.360. The number of aliphatic hydroxyl groups is 1. The summed E-state index contributed by atoms with van der Waals surface area (Å²) in [5, 5.41) is 19.4. The summed E-state index contributed by atoms with van der Waals surface area (Å²) in [6, 6.07) is 8.14. The quantitative estimate of drug-likeness (QED) is 0.252. The molecular weight excluding hydrogens is 414 g/mol. The zero-order valence-corrected chi connectivity index (χ0v) is 20.0. The summed E-state index contributed by atoms with van der Waals surface area (Å²) >= 11 is 0. The molecule has 1 heterocycles. The number of benzene rings is 1. The Morgan fingerprint density at radius 1 is 1.15 bits per heavy atom. The molecule has 1 aromatic carbocycles. The number of hydrogen-bond acceptors (Lipinski definition) is 8. The Bertz CT molecular complexity index is 977. The zero-order chi connectivity index (χ0) is 24.2. The van der Waals surface area contributed by atoms with E-state index in [0.717, 1.165) is 23.2 Å². The Labute approximate surface area is 196 Å². The highest BCUT2D eigenvalue weighted by Crippen LogP contribution is 2.32. The zero-order valence-electron chi connectivity index (χ0n) is 20.0. The molecule has 0 aliphatic rings. The highest BCUT2D eigenvalue weighted by atomic mass is 16.3. The van der Waals surface area contributed by atoms with Crippen LogP contribution in [0.5, 0.6) is 0 Å². The number of aliphatic imine (C=N–C) groups is 2. The summed E-state index contributed by atoms with van der Waals surface area (Å²) in [4.78, 5) is 17.7. The van der Waals surface area contributed by atoms with Gasteiger partial charge in [0.1, 0.15) is 5.69 Å². The number of anilines is 3. The second-order valence-corrected chi connectivity index (χ2v) is 7.71. The molecule has 0 amide bonds. The first-order valence-corrected chi connectivity index (χ1v) is 11.1. The minimum atomic E-state index is -0.136. The van der Waals surface area contributed by atoms with Crippen molar-refractivity contribution in [1.29, 1.82) is 0 Å². The Morgan fingerprint density at radius 3 is 2.39 bits per heavy atom. The van der Waals surface area contributed by atoms with Crippen LogP contribution in [0.25, 0.3) is 5.70 Å². The fourth-order valence-electron chi connectivity index (χ4n) is 3.07. The lowest BCUT2D eigenvalue weighted by Gasteiger charge is -2.19. The topological polar surface area (TPSA) is 107 Å². The van der Waals surface area contributed by atoms with Crippen molar-refractivity contribution < 1.29 is 5.11 Å². The molecule has 2 aromatic rings. The normalized spacial score (nSPS) is 12.6. The van der Waals surface area contributed by atoms with Crippen molar-refractivity contribution in [2.45, 2.75) is 52.7 Å². The number of nitrogens with zero attached hydrogens (tertiary/aromatic N) is 4. The van der Waals surface area contributed by atoms with Gasteiger partial charge in [-0.3, -0.25) is 9.98 Å². The number of aliphatic hydroxyl groups excluding tert-OH is 1. The molecule has 0 spiro atoms. The Kier molecular flexibility index (Phi) is 10.2. The van der Waals surface area contributed by atoms with Gasteiger partial charge in [0.2, 0.25) is 5.95 Å². The second kappa shape index (κ2) is 13.1. The molecule has 8 heteroatoms. The molecule has 8 nitrogen and oxygen atoms in total. The molecule has 1 aromatic heterocycles. The molecule has 33 heavy (non-hydrogen) atoms. The first-order valence-electron chi connectivity index (χ1n) is 11.1. The molecule has 4 N–H and O–H groups in total. The maximum absolute atomic E-state index is 9.56. The van der Waals surface area contributed by atoms with Gasteiger partial charge in [0.15, 0.2) is 11.6 Å². The molecule has 0 fully saturated rings. The highest BCUT2D eigenvalue weighted by Gasteiger charge is 2.16. The third-order valence-corrected chi connectivity index (χ3v) is 4.77. The van der Waals surface area contributed by atoms with Crippen molar-refractivity contribution >= 4 is 41.9 Å². The minimum Gasteiger partial charge on any atom is -0.394 e. The maximum Gasteiger partial charge on any atom is 0.227 e. The predicted octanol–water partition coefficient (Wildman–Crippen LogP) is 5.04. The summed E-state index contributed by atoms with van der Waals surface area (Å²) in [7, 11) is 0. The molecule has 176 valence electrons. The van der Waals surface area contributed by atoms with Crippen molar-refractivity contribution in [1.82, 2.24) is 9.97 Å². The number of rotatable bonds is 13. The van der Waals surface area contributed by atoms with Crippen LogP contribution in [-0.2, 0) is 6.54 Å². The van der Waals surface area contributed by atoms with Crippen LogP contribution in [0.3, 0.4) is 0 Å². The summed E-state index contributed by atoms with van der Waals surface area (Å²) in [6.07, 6.45) is 6.11. The Morgan fingerprint density at radius 2 is 1.85 bits per heavy atom. The summed E-state index contributed by atoms with van der Waals surface area (Å²) in [5.41, 5.74) is 3.49. The summed E-state index contributed by atoms with van der Waals surface area (Å²) < 4.78 is 0. The number of nitrogens with one attached hydrogen (secondary N) is 3. The van der Waals surface area contributed by atoms with Gasteiger partial charge in [0, 0.05) is 24.4 Å². The van der Waals surface area contributed by atoms with Crippen molar-refractivity contribution in [3.05, 3.63) is 54.1 Å². The molecule has 0 saturated carbocycles. The van der Waals surface area contributed by atoms with Gasteiger partial charge in [0.05, 0.1) is 18.3 Å². The van der Waals surface area contributed by atoms with E-state index in [2.05, 4.69) is 49.2 Å². The van der Waals surface area contributed by atoms with Crippen LogP contribution in [-0.4, -0.2) is 46.7 Å². The largest absolute Gasteiger partial charge is 0.394 e. The molecular formula is C25H35N7O. The Hall–Kier alpha value is -3.52. The van der Waals surface area contributed by atoms with Gasteiger partial charge in [-0.15, -0.1) is 0 Å². The van der Waals surface area contributed by atoms with Crippen LogP contribution in [0.4, 0.5) is 23.3 Å². The van der Waals surface area contributed by atoms with E-state index in [-0.39, 0.29) is 18.7 Å². The van der Waals surface area contributed by atoms with E-state index >= 15 is 0 Å². The van der Waals surface area contributed by atoms with Crippen LogP contribution in [0.1, 0.15) is 45.2 Å². The van der Waals surface area contributed by atoms with E-state index in [1.807, 2.05) is 58.0 Å². The van der Waals surface area contributed by atoms with Crippen molar-refractivity contribution in [3.63, 3.8) is 0 Å². The number of hydrogen-bond donors (Lipinski definition) is 4. The van der Waals surface area contributed by atoms with Crippen LogP contribution in [0.15, 0.2) is 53.0 Å². The SMILES string of the molecule is C=C/C=C(\N=CC)c1ccc(CNc2nc(NC(CC)CO)nc(NC(C)C)c2N=C)cc1. The van der Waals surface area contributed by atoms with Crippen LogP contribution in [0, 0.1) is 0 Å². The third kappa shape index (κ3) is 7.54. The Balaban J connectivity index is 2.30. The second-order valence-electron chi connectivity index (χ2n) is 7.71. The molecule has 0 saturated heterocycles. The van der Waals surface area contributed by atoms with E-state index in [4.69, 9.17) is 0 Å². The average molecular weight is 450 g/mol. The summed E-state index contributed by atoms with van der Waals surface area (Å²) in [5.74, 6) is 1.56. The van der Waals surface area contributed by atoms with Crippen molar-refractivity contribution in [2.75, 3.05) is 22.6 Å². The number of allylic oxidation sites excluding steroid dienone is 2. The van der Waals surface area contributed by atoms with Gasteiger partial charge in [0.25, 0.3) is 0 Å². The lowest BCUT2D eigenvalue weighted by Crippen LogP contribution is -2.24. The van der Waals surface area contributed by atoms with Gasteiger partial charge in [-0.2, -0.15) is 9.97 Å². The van der Waals surface area contributed by atoms with Gasteiger partial charge in [-0.1, -0.05) is 43.8 Å². The lowest BCUT2D eigenvalue weighted by molar-refractivity contribution is 0.271. The van der Waals surface area contributed by atoms with E-state index in [0.29, 0.717) is 29.8 Å². The van der Waals surface area contributed by atoms with Crippen LogP contribution >= 0.6 is 0 Å². The monoisotopic (exact) mass is 449 g/mol. The van der Waals surface area contributed by atoms with Crippen molar-refractivity contribution in [2.24, 2.45) is 9.98 Å². The molecule has 0 bridgehead atoms. The standard InChI is InChI=1S/C25H35N7O/c1-7-10-21(27-9-3)19-13-11-18(12-14-19)15-28-23-22(26-6)24(29-17(4)5)32-25(31-23)30-20(8-2)16-33/h7,9-14,17,20,33H,1,6,8,15-16H2,2-5H3,(H3,28,29,30,31,32)/b21-10-,27-9?. The lowest BCUT2D eigenvalue weighted by atomic mass is 10.1. The maximum atomic E-state index is 9.56. The van der Waals surface area contributed by atoms with E-state index in [9.17, 15) is 5.11 Å². The molecule has 1 atom stereocenters. The predicted molar refractivity (Wildman–Crippen MR) is 141 cm³/mol. The highest BCUT2D eigenvalue weighted by molar-refractivity contribution is 5.77. The fourth-order valence-corrected chi connectivity index (χ4v) is 3.07. The smallest absolute Gasteiger partial charge is 0.227 e. The summed E-state index contributed by atoms with van der Waals surface area (Å²) in [6.45, 7) is 15.9. The molecule has 0 radical (unpaired) electrons. The van der Waals surface area contributed by atoms with Gasteiger partial charge >= 0.3 is 0 Å². The van der Waals surface area contributed by atoms with Gasteiger partial charge in [-0.05, 0) is 45.5 Å². The van der Waals surface area contributed by atoms with E-state index in [1.54, 1.807) is 12.3 Å². The van der Waals surface area contributed by atoms with Crippen LogP contribution in [0.2, 0.25) is 0 Å². The molecule has 0 aliphatic heterocycles. The minimum absolute atomic E-state index is 0.00621. The van der Waals surface area contributed by atoms with Gasteiger partial charge < -0.3 is 21.1 Å². The van der Waals surface area contributed by atoms with E-state index < -0.39 is 0 Å². The van der Waals surface area contributed by atoms with Crippen molar-refractivity contribution in [3.8, 4) is 0 Å². The average Bonchev–Trinajstić information content (AvgIpc) is 2.81. The van der Waals surface area contributed by atoms with Gasteiger partial charge in [-0.25, -0.2) is 0 Å². The molecule has 0 aliphatic carbocycles. The first kappa shape index (κ1) is 25.7. The first-order chi connectivity index (χ1) is 15.9. The van der Waals surface area contributed by atoms with E-state index in [1.165, 1.54) is 0 Å².